The van der Waals surface area contributed by atoms with Gasteiger partial charge in [-0.2, -0.15) is 0 Å². The van der Waals surface area contributed by atoms with E-state index in [0.717, 1.165) is 6.07 Å². The Kier molecular flexibility index (Phi) is 4.53. The molecule has 0 unspecified atom stereocenters. The van der Waals surface area contributed by atoms with Gasteiger partial charge in [0.1, 0.15) is 5.82 Å². The highest BCUT2D eigenvalue weighted by molar-refractivity contribution is 7.89. The lowest BCUT2D eigenvalue weighted by Crippen LogP contribution is -2.23. The number of nitro benzene ring substituents is 1. The highest BCUT2D eigenvalue weighted by Gasteiger charge is 2.17. The van der Waals surface area contributed by atoms with Crippen molar-refractivity contribution in [1.82, 2.24) is 4.72 Å². The Labute approximate surface area is 126 Å². The number of nitrogens with zero attached hydrogens (tertiary/aromatic N) is 1. The first-order valence-electron chi connectivity index (χ1n) is 6.29. The summed E-state index contributed by atoms with van der Waals surface area (Å²) in [6.07, 6.45) is 0. The number of nitro groups is 1. The minimum absolute atomic E-state index is 0.0356. The standard InChI is InChI=1S/C14H13FN2O4S/c1-10-7-11(5-6-14(10)15)9-16-22(20,21)13-4-2-3-12(8-13)17(18)19/h2-8,16H,9H2,1H3. The maximum absolute atomic E-state index is 13.2. The van der Waals surface area contributed by atoms with E-state index in [1.807, 2.05) is 0 Å². The largest absolute Gasteiger partial charge is 0.270 e. The number of hydrogen-bond acceptors (Lipinski definition) is 4. The predicted molar refractivity (Wildman–Crippen MR) is 78.3 cm³/mol. The molecule has 2 aromatic carbocycles. The van der Waals surface area contributed by atoms with Gasteiger partial charge in [0.25, 0.3) is 5.69 Å². The van der Waals surface area contributed by atoms with Crippen LogP contribution in [0.15, 0.2) is 47.4 Å². The Balaban J connectivity index is 2.19. The van der Waals surface area contributed by atoms with Gasteiger partial charge in [-0.05, 0) is 30.2 Å². The van der Waals surface area contributed by atoms with Crippen LogP contribution in [0.5, 0.6) is 0 Å². The molecule has 0 bridgehead atoms. The molecule has 0 saturated heterocycles. The van der Waals surface area contributed by atoms with Gasteiger partial charge in [0.2, 0.25) is 10.0 Å². The average molecular weight is 324 g/mol. The number of sulfonamides is 1. The summed E-state index contributed by atoms with van der Waals surface area (Å²) in [6, 6.07) is 9.02. The van der Waals surface area contributed by atoms with Crippen molar-refractivity contribution in [2.24, 2.45) is 0 Å². The molecule has 2 rings (SSSR count). The molecule has 116 valence electrons. The van der Waals surface area contributed by atoms with E-state index < -0.39 is 14.9 Å². The summed E-state index contributed by atoms with van der Waals surface area (Å²) in [6.45, 7) is 1.54. The molecule has 0 fully saturated rings. The van der Waals surface area contributed by atoms with Crippen molar-refractivity contribution in [3.05, 3.63) is 69.5 Å². The molecule has 0 heterocycles. The maximum Gasteiger partial charge on any atom is 0.270 e. The minimum Gasteiger partial charge on any atom is -0.258 e. The van der Waals surface area contributed by atoms with Gasteiger partial charge in [-0.1, -0.05) is 18.2 Å². The summed E-state index contributed by atoms with van der Waals surface area (Å²) in [5.41, 5.74) is 0.695. The Morgan fingerprint density at radius 3 is 2.59 bits per heavy atom. The highest BCUT2D eigenvalue weighted by Crippen LogP contribution is 2.17. The molecular formula is C14H13FN2O4S. The lowest BCUT2D eigenvalue weighted by Gasteiger charge is -2.08. The number of hydrogen-bond donors (Lipinski definition) is 1. The molecule has 22 heavy (non-hydrogen) atoms. The fourth-order valence-electron chi connectivity index (χ4n) is 1.84. The third-order valence-electron chi connectivity index (χ3n) is 3.03. The van der Waals surface area contributed by atoms with Crippen LogP contribution in [0.3, 0.4) is 0 Å². The normalized spacial score (nSPS) is 11.4. The summed E-state index contributed by atoms with van der Waals surface area (Å²) in [4.78, 5) is 9.83. The predicted octanol–water partition coefficient (Wildman–Crippen LogP) is 2.52. The average Bonchev–Trinajstić information content (AvgIpc) is 2.48. The van der Waals surface area contributed by atoms with E-state index in [1.165, 1.54) is 36.4 Å². The van der Waals surface area contributed by atoms with Gasteiger partial charge in [0.05, 0.1) is 9.82 Å². The summed E-state index contributed by atoms with van der Waals surface area (Å²) >= 11 is 0. The van der Waals surface area contributed by atoms with Crippen molar-refractivity contribution < 1.29 is 17.7 Å². The third kappa shape index (κ3) is 3.66. The second-order valence-corrected chi connectivity index (χ2v) is 6.43. The van der Waals surface area contributed by atoms with Crippen LogP contribution >= 0.6 is 0 Å². The molecule has 0 amide bonds. The number of aryl methyl sites for hydroxylation is 1. The van der Waals surface area contributed by atoms with Crippen LogP contribution in [0.2, 0.25) is 0 Å². The highest BCUT2D eigenvalue weighted by atomic mass is 32.2. The summed E-state index contributed by atoms with van der Waals surface area (Å²) in [5.74, 6) is -0.370. The summed E-state index contributed by atoms with van der Waals surface area (Å²) in [7, 11) is -3.89. The van der Waals surface area contributed by atoms with Crippen LogP contribution in [0.25, 0.3) is 0 Å². The van der Waals surface area contributed by atoms with Gasteiger partial charge in [-0.15, -0.1) is 0 Å². The number of non-ortho nitro benzene ring substituents is 1. The van der Waals surface area contributed by atoms with Crippen LogP contribution < -0.4 is 4.72 Å². The van der Waals surface area contributed by atoms with E-state index in [9.17, 15) is 22.9 Å². The zero-order valence-electron chi connectivity index (χ0n) is 11.6. The molecule has 0 aliphatic heterocycles. The van der Waals surface area contributed by atoms with E-state index in [-0.39, 0.29) is 22.9 Å². The number of rotatable bonds is 5. The molecule has 1 N–H and O–H groups in total. The van der Waals surface area contributed by atoms with E-state index >= 15 is 0 Å². The van der Waals surface area contributed by atoms with Crippen molar-refractivity contribution in [2.75, 3.05) is 0 Å². The van der Waals surface area contributed by atoms with Crippen LogP contribution in [-0.4, -0.2) is 13.3 Å². The van der Waals surface area contributed by atoms with E-state index in [1.54, 1.807) is 6.92 Å². The topological polar surface area (TPSA) is 89.3 Å². The fourth-order valence-corrected chi connectivity index (χ4v) is 2.90. The fraction of sp³-hybridized carbons (Fsp3) is 0.143. The Bertz CT molecular complexity index is 821. The first-order chi connectivity index (χ1) is 10.3. The van der Waals surface area contributed by atoms with Gasteiger partial charge in [-0.3, -0.25) is 10.1 Å². The SMILES string of the molecule is Cc1cc(CNS(=O)(=O)c2cccc([N+](=O)[O-])c2)ccc1F. The van der Waals surface area contributed by atoms with Crippen molar-refractivity contribution in [2.45, 2.75) is 18.4 Å². The first-order valence-corrected chi connectivity index (χ1v) is 7.77. The van der Waals surface area contributed by atoms with Crippen molar-refractivity contribution in [1.29, 1.82) is 0 Å². The van der Waals surface area contributed by atoms with Gasteiger partial charge < -0.3 is 0 Å². The Hall–Kier alpha value is -2.32. The van der Waals surface area contributed by atoms with Crippen LogP contribution in [-0.2, 0) is 16.6 Å². The van der Waals surface area contributed by atoms with E-state index in [2.05, 4.69) is 4.72 Å². The number of nitrogens with one attached hydrogen (secondary N) is 1. The summed E-state index contributed by atoms with van der Waals surface area (Å²) in [5, 5.41) is 10.7. The van der Waals surface area contributed by atoms with Crippen molar-refractivity contribution in [3.8, 4) is 0 Å². The van der Waals surface area contributed by atoms with Gasteiger partial charge in [0.15, 0.2) is 0 Å². The Morgan fingerprint density at radius 1 is 1.23 bits per heavy atom. The molecule has 0 spiro atoms. The zero-order chi connectivity index (χ0) is 16.3. The molecule has 0 atom stereocenters. The zero-order valence-corrected chi connectivity index (χ0v) is 12.4. The molecule has 6 nitrogen and oxygen atoms in total. The quantitative estimate of drug-likeness (QED) is 0.676. The second-order valence-electron chi connectivity index (χ2n) is 4.66. The molecule has 0 saturated carbocycles. The molecule has 0 aliphatic carbocycles. The van der Waals surface area contributed by atoms with Crippen molar-refractivity contribution in [3.63, 3.8) is 0 Å². The molecule has 0 aromatic heterocycles. The number of benzene rings is 2. The lowest BCUT2D eigenvalue weighted by atomic mass is 10.1. The van der Waals surface area contributed by atoms with Crippen LogP contribution in [0, 0.1) is 22.9 Å². The van der Waals surface area contributed by atoms with Gasteiger partial charge in [-0.25, -0.2) is 17.5 Å². The summed E-state index contributed by atoms with van der Waals surface area (Å²) < 4.78 is 39.7. The maximum atomic E-state index is 13.2. The molecule has 8 heteroatoms. The van der Waals surface area contributed by atoms with Crippen molar-refractivity contribution >= 4 is 15.7 Å². The third-order valence-corrected chi connectivity index (χ3v) is 4.43. The number of halogens is 1. The monoisotopic (exact) mass is 324 g/mol. The molecule has 2 aromatic rings. The van der Waals surface area contributed by atoms with Crippen LogP contribution in [0.1, 0.15) is 11.1 Å². The van der Waals surface area contributed by atoms with Gasteiger partial charge >= 0.3 is 0 Å². The first kappa shape index (κ1) is 16.1. The molecule has 0 radical (unpaired) electrons. The van der Waals surface area contributed by atoms with Crippen LogP contribution in [0.4, 0.5) is 10.1 Å². The Morgan fingerprint density at radius 2 is 1.95 bits per heavy atom. The minimum atomic E-state index is -3.89. The molecule has 0 aliphatic rings. The molecular weight excluding hydrogens is 311 g/mol. The van der Waals surface area contributed by atoms with E-state index in [4.69, 9.17) is 0 Å². The van der Waals surface area contributed by atoms with Gasteiger partial charge in [0, 0.05) is 18.7 Å². The van der Waals surface area contributed by atoms with E-state index in [0.29, 0.717) is 11.1 Å². The second kappa shape index (κ2) is 6.20. The smallest absolute Gasteiger partial charge is 0.258 e. The lowest BCUT2D eigenvalue weighted by molar-refractivity contribution is -0.385.